The summed E-state index contributed by atoms with van der Waals surface area (Å²) in [6.07, 6.45) is 2.80. The van der Waals surface area contributed by atoms with Crippen LogP contribution in [-0.2, 0) is 4.79 Å². The number of carbonyl (C=O) groups excluding carboxylic acids is 1. The fraction of sp³-hybridized carbons (Fsp3) is 0.500. The van der Waals surface area contributed by atoms with Gasteiger partial charge in [0.15, 0.2) is 0 Å². The number of carboxylic acids is 1. The summed E-state index contributed by atoms with van der Waals surface area (Å²) in [5, 5.41) is 8.97. The molecule has 2 amide bonds. The number of benzene rings is 1. The second-order valence-corrected chi connectivity index (χ2v) is 5.88. The van der Waals surface area contributed by atoms with E-state index in [9.17, 15) is 9.59 Å². The van der Waals surface area contributed by atoms with E-state index in [4.69, 9.17) is 5.11 Å². The number of likely N-dealkylation sites (tertiary alicyclic amines) is 1. The molecule has 1 N–H and O–H groups in total. The van der Waals surface area contributed by atoms with E-state index in [-0.39, 0.29) is 18.6 Å². The Bertz CT molecular complexity index is 528. The highest BCUT2D eigenvalue weighted by atomic mass is 16.4. The van der Waals surface area contributed by atoms with Crippen LogP contribution in [-0.4, -0.2) is 52.6 Å². The number of hydrogen-bond donors (Lipinski definition) is 1. The normalized spacial score (nSPS) is 21.3. The van der Waals surface area contributed by atoms with E-state index in [1.54, 1.807) is 4.90 Å². The van der Waals surface area contributed by atoms with Crippen LogP contribution in [0.25, 0.3) is 0 Å². The first kappa shape index (κ1) is 13.9. The van der Waals surface area contributed by atoms with E-state index in [0.29, 0.717) is 19.0 Å². The Morgan fingerprint density at radius 1 is 1.19 bits per heavy atom. The number of aliphatic carboxylic acids is 1. The van der Waals surface area contributed by atoms with Crippen LogP contribution >= 0.6 is 0 Å². The van der Waals surface area contributed by atoms with Gasteiger partial charge in [-0.15, -0.1) is 0 Å². The molecule has 2 fully saturated rings. The molecule has 1 heterocycles. The Labute approximate surface area is 124 Å². The van der Waals surface area contributed by atoms with Gasteiger partial charge in [0.1, 0.15) is 6.54 Å². The molecule has 3 rings (SSSR count). The molecule has 1 aromatic rings. The van der Waals surface area contributed by atoms with Gasteiger partial charge in [-0.25, -0.2) is 4.79 Å². The molecule has 0 radical (unpaired) electrons. The Morgan fingerprint density at radius 3 is 2.52 bits per heavy atom. The lowest BCUT2D eigenvalue weighted by atomic mass is 9.99. The number of carbonyl (C=O) groups is 2. The summed E-state index contributed by atoms with van der Waals surface area (Å²) >= 11 is 0. The van der Waals surface area contributed by atoms with E-state index < -0.39 is 5.97 Å². The van der Waals surface area contributed by atoms with Crippen LogP contribution in [0.5, 0.6) is 0 Å². The van der Waals surface area contributed by atoms with Gasteiger partial charge in [0.25, 0.3) is 0 Å². The van der Waals surface area contributed by atoms with Crippen molar-refractivity contribution in [1.29, 1.82) is 0 Å². The number of urea groups is 1. The van der Waals surface area contributed by atoms with Crippen LogP contribution in [0.4, 0.5) is 4.79 Å². The number of rotatable bonds is 4. The second-order valence-electron chi connectivity index (χ2n) is 5.88. The van der Waals surface area contributed by atoms with Gasteiger partial charge in [0.2, 0.25) is 0 Å². The lowest BCUT2D eigenvalue weighted by Gasteiger charge is -2.26. The topological polar surface area (TPSA) is 60.9 Å². The molecule has 0 spiro atoms. The van der Waals surface area contributed by atoms with Gasteiger partial charge in [-0.3, -0.25) is 4.79 Å². The largest absolute Gasteiger partial charge is 0.480 e. The van der Waals surface area contributed by atoms with E-state index in [1.807, 2.05) is 18.2 Å². The molecule has 1 aromatic carbocycles. The first-order valence-corrected chi connectivity index (χ1v) is 7.47. The third-order valence-corrected chi connectivity index (χ3v) is 4.27. The molecular weight excluding hydrogens is 268 g/mol. The van der Waals surface area contributed by atoms with Crippen molar-refractivity contribution >= 4 is 12.0 Å². The zero-order valence-electron chi connectivity index (χ0n) is 11.9. The maximum absolute atomic E-state index is 12.5. The van der Waals surface area contributed by atoms with Crippen LogP contribution in [0.15, 0.2) is 30.3 Å². The fourth-order valence-electron chi connectivity index (χ4n) is 3.00. The highest BCUT2D eigenvalue weighted by Crippen LogP contribution is 2.31. The van der Waals surface area contributed by atoms with Crippen molar-refractivity contribution in [1.82, 2.24) is 9.80 Å². The molecule has 112 valence electrons. The zero-order valence-corrected chi connectivity index (χ0v) is 11.9. The van der Waals surface area contributed by atoms with Gasteiger partial charge in [-0.2, -0.15) is 0 Å². The molecular formula is C16H20N2O3. The van der Waals surface area contributed by atoms with Crippen LogP contribution in [0.3, 0.4) is 0 Å². The lowest BCUT2D eigenvalue weighted by Crippen LogP contribution is -2.45. The zero-order chi connectivity index (χ0) is 14.8. The Hall–Kier alpha value is -2.04. The maximum Gasteiger partial charge on any atom is 0.323 e. The highest BCUT2D eigenvalue weighted by molar-refractivity contribution is 5.81. The molecule has 1 aliphatic heterocycles. The average molecular weight is 288 g/mol. The van der Waals surface area contributed by atoms with Crippen molar-refractivity contribution in [2.45, 2.75) is 31.2 Å². The first-order chi connectivity index (χ1) is 10.1. The summed E-state index contributed by atoms with van der Waals surface area (Å²) in [6, 6.07) is 10.2. The molecule has 5 heteroatoms. The lowest BCUT2D eigenvalue weighted by molar-refractivity contribution is -0.137. The molecule has 1 saturated heterocycles. The van der Waals surface area contributed by atoms with E-state index in [1.165, 1.54) is 10.5 Å². The number of nitrogens with zero attached hydrogens (tertiary/aromatic N) is 2. The average Bonchev–Trinajstić information content (AvgIpc) is 3.21. The Morgan fingerprint density at radius 2 is 1.90 bits per heavy atom. The standard InChI is InChI=1S/C16H20N2O3/c19-15(20)11-18(14-6-7-14)16(21)17-9-8-13(10-17)12-4-2-1-3-5-12/h1-5,13-14H,6-11H2,(H,19,20). The van der Waals surface area contributed by atoms with Gasteiger partial charge < -0.3 is 14.9 Å². The Balaban J connectivity index is 1.64. The molecule has 1 aliphatic carbocycles. The summed E-state index contributed by atoms with van der Waals surface area (Å²) in [5.74, 6) is -0.574. The van der Waals surface area contributed by atoms with Crippen molar-refractivity contribution in [3.05, 3.63) is 35.9 Å². The highest BCUT2D eigenvalue weighted by Gasteiger charge is 2.38. The predicted octanol–water partition coefficient (Wildman–Crippen LogP) is 2.14. The van der Waals surface area contributed by atoms with Crippen LogP contribution in [0.2, 0.25) is 0 Å². The molecule has 21 heavy (non-hydrogen) atoms. The minimum atomic E-state index is -0.936. The predicted molar refractivity (Wildman–Crippen MR) is 78.1 cm³/mol. The monoisotopic (exact) mass is 288 g/mol. The third-order valence-electron chi connectivity index (χ3n) is 4.27. The number of amides is 2. The number of carboxylic acid groups (broad SMARTS) is 1. The van der Waals surface area contributed by atoms with Crippen molar-refractivity contribution in [3.8, 4) is 0 Å². The van der Waals surface area contributed by atoms with Gasteiger partial charge in [-0.05, 0) is 24.8 Å². The Kier molecular flexibility index (Phi) is 3.82. The van der Waals surface area contributed by atoms with Gasteiger partial charge >= 0.3 is 12.0 Å². The second kappa shape index (κ2) is 5.76. The maximum atomic E-state index is 12.5. The molecule has 5 nitrogen and oxygen atoms in total. The van der Waals surface area contributed by atoms with E-state index in [2.05, 4.69) is 12.1 Å². The molecule has 2 aliphatic rings. The third kappa shape index (κ3) is 3.17. The molecule has 0 aromatic heterocycles. The smallest absolute Gasteiger partial charge is 0.323 e. The van der Waals surface area contributed by atoms with Crippen LogP contribution < -0.4 is 0 Å². The van der Waals surface area contributed by atoms with Gasteiger partial charge in [0.05, 0.1) is 0 Å². The first-order valence-electron chi connectivity index (χ1n) is 7.47. The van der Waals surface area contributed by atoms with Gasteiger partial charge in [-0.1, -0.05) is 30.3 Å². The van der Waals surface area contributed by atoms with Crippen LogP contribution in [0, 0.1) is 0 Å². The summed E-state index contributed by atoms with van der Waals surface area (Å²) in [5.41, 5.74) is 1.25. The molecule has 1 unspecified atom stereocenters. The minimum Gasteiger partial charge on any atom is -0.480 e. The van der Waals surface area contributed by atoms with Crippen molar-refractivity contribution < 1.29 is 14.7 Å². The SMILES string of the molecule is O=C(O)CN(C(=O)N1CCC(c2ccccc2)C1)C1CC1. The summed E-state index contributed by atoms with van der Waals surface area (Å²) in [4.78, 5) is 26.8. The summed E-state index contributed by atoms with van der Waals surface area (Å²) < 4.78 is 0. The molecule has 0 bridgehead atoms. The van der Waals surface area contributed by atoms with E-state index in [0.717, 1.165) is 19.3 Å². The van der Waals surface area contributed by atoms with Crippen molar-refractivity contribution in [2.24, 2.45) is 0 Å². The van der Waals surface area contributed by atoms with E-state index >= 15 is 0 Å². The quantitative estimate of drug-likeness (QED) is 0.923. The molecule has 1 atom stereocenters. The van der Waals surface area contributed by atoms with Crippen LogP contribution in [0.1, 0.15) is 30.7 Å². The summed E-state index contributed by atoms with van der Waals surface area (Å²) in [6.45, 7) is 1.21. The van der Waals surface area contributed by atoms with Crippen molar-refractivity contribution in [3.63, 3.8) is 0 Å². The van der Waals surface area contributed by atoms with Gasteiger partial charge in [0, 0.05) is 25.0 Å². The number of hydrogen-bond acceptors (Lipinski definition) is 2. The summed E-state index contributed by atoms with van der Waals surface area (Å²) in [7, 11) is 0. The minimum absolute atomic E-state index is 0.113. The molecule has 1 saturated carbocycles. The fourth-order valence-corrected chi connectivity index (χ4v) is 3.00. The van der Waals surface area contributed by atoms with Crippen molar-refractivity contribution in [2.75, 3.05) is 19.6 Å².